The lowest BCUT2D eigenvalue weighted by Gasteiger charge is -2.10. The Kier molecular flexibility index (Phi) is 7.37. The summed E-state index contributed by atoms with van der Waals surface area (Å²) in [4.78, 5) is 22.2. The Balaban J connectivity index is 2.16. The van der Waals surface area contributed by atoms with Crippen LogP contribution < -0.4 is 4.74 Å². The fourth-order valence-corrected chi connectivity index (χ4v) is 2.35. The highest BCUT2D eigenvalue weighted by molar-refractivity contribution is 6.43. The van der Waals surface area contributed by atoms with Gasteiger partial charge in [-0.3, -0.25) is 0 Å². The molecule has 0 unspecified atom stereocenters. The van der Waals surface area contributed by atoms with Crippen molar-refractivity contribution in [3.05, 3.63) is 65.2 Å². The van der Waals surface area contributed by atoms with Gasteiger partial charge in [0.15, 0.2) is 5.71 Å². The number of rotatable bonds is 8. The molecule has 7 heteroatoms. The molecule has 0 aliphatic carbocycles. The highest BCUT2D eigenvalue weighted by atomic mass is 16.6. The van der Waals surface area contributed by atoms with Crippen molar-refractivity contribution in [3.63, 3.8) is 0 Å². The third-order valence-electron chi connectivity index (χ3n) is 3.76. The predicted molar refractivity (Wildman–Crippen MR) is 102 cm³/mol. The Morgan fingerprint density at radius 3 is 2.30 bits per heavy atom. The maximum atomic E-state index is 12.0. The van der Waals surface area contributed by atoms with Crippen molar-refractivity contribution < 1.29 is 23.9 Å². The van der Waals surface area contributed by atoms with Crippen LogP contribution in [-0.4, -0.2) is 38.7 Å². The first kappa shape index (κ1) is 20.0. The number of hydrogen-bond acceptors (Lipinski definition) is 7. The van der Waals surface area contributed by atoms with Crippen molar-refractivity contribution in [1.82, 2.24) is 0 Å². The van der Waals surface area contributed by atoms with Crippen LogP contribution in [0.4, 0.5) is 0 Å². The molecule has 0 N–H and O–H groups in total. The molecule has 0 amide bonds. The smallest absolute Gasteiger partial charge is 0.360 e. The molecule has 0 atom stereocenters. The predicted octanol–water partition coefficient (Wildman–Crippen LogP) is 3.16. The second kappa shape index (κ2) is 9.96. The number of carbonyl (C=O) groups is 1. The largest absolute Gasteiger partial charge is 0.497 e. The first-order chi connectivity index (χ1) is 13.1. The van der Waals surface area contributed by atoms with Crippen LogP contribution in [0.3, 0.4) is 0 Å². The second-order valence-electron chi connectivity index (χ2n) is 5.45. The van der Waals surface area contributed by atoms with E-state index in [2.05, 4.69) is 10.3 Å². The van der Waals surface area contributed by atoms with Crippen molar-refractivity contribution in [1.29, 1.82) is 0 Å². The zero-order valence-corrected chi connectivity index (χ0v) is 15.8. The first-order valence-corrected chi connectivity index (χ1v) is 8.19. The molecule has 142 valence electrons. The zero-order valence-electron chi connectivity index (χ0n) is 15.8. The summed E-state index contributed by atoms with van der Waals surface area (Å²) in [6, 6.07) is 14.7. The molecule has 0 aliphatic heterocycles. The van der Waals surface area contributed by atoms with Crippen LogP contribution in [0.15, 0.2) is 58.8 Å². The third-order valence-corrected chi connectivity index (χ3v) is 3.76. The van der Waals surface area contributed by atoms with E-state index in [-0.39, 0.29) is 12.3 Å². The summed E-state index contributed by atoms with van der Waals surface area (Å²) in [6.07, 6.45) is 0. The van der Waals surface area contributed by atoms with Crippen molar-refractivity contribution >= 4 is 17.4 Å². The number of ether oxygens (including phenoxy) is 2. The Labute approximate surface area is 158 Å². The van der Waals surface area contributed by atoms with E-state index < -0.39 is 5.97 Å². The number of benzene rings is 2. The van der Waals surface area contributed by atoms with E-state index in [4.69, 9.17) is 19.1 Å². The summed E-state index contributed by atoms with van der Waals surface area (Å²) in [6.45, 7) is 2.00. The third kappa shape index (κ3) is 5.31. The standard InChI is InChI=1S/C20H22N2O5/c1-14(15-9-11-17(24-2)12-10-15)21-27-13-16-7-5-6-8-18(16)19(22-26-4)20(23)25-3/h5-12H,13H2,1-4H3/b21-14+,22-19+. The van der Waals surface area contributed by atoms with Crippen molar-refractivity contribution in [3.8, 4) is 5.75 Å². The fourth-order valence-electron chi connectivity index (χ4n) is 2.35. The molecule has 0 bridgehead atoms. The number of nitrogens with zero attached hydrogens (tertiary/aromatic N) is 2. The summed E-state index contributed by atoms with van der Waals surface area (Å²) in [5.41, 5.74) is 2.98. The highest BCUT2D eigenvalue weighted by Crippen LogP contribution is 2.15. The minimum absolute atomic E-state index is 0.0649. The van der Waals surface area contributed by atoms with E-state index in [9.17, 15) is 4.79 Å². The van der Waals surface area contributed by atoms with Gasteiger partial charge >= 0.3 is 5.97 Å². The van der Waals surface area contributed by atoms with Crippen LogP contribution >= 0.6 is 0 Å². The van der Waals surface area contributed by atoms with Crippen LogP contribution in [0.2, 0.25) is 0 Å². The van der Waals surface area contributed by atoms with Gasteiger partial charge in [0, 0.05) is 11.1 Å². The van der Waals surface area contributed by atoms with Crippen LogP contribution in [0.5, 0.6) is 5.75 Å². The molecule has 0 radical (unpaired) electrons. The van der Waals surface area contributed by atoms with E-state index in [1.54, 1.807) is 19.2 Å². The van der Waals surface area contributed by atoms with Gasteiger partial charge in [-0.15, -0.1) is 0 Å². The summed E-state index contributed by atoms with van der Waals surface area (Å²) in [5, 5.41) is 7.92. The number of esters is 1. The molecule has 7 nitrogen and oxygen atoms in total. The van der Waals surface area contributed by atoms with Gasteiger partial charge in [0.25, 0.3) is 0 Å². The average molecular weight is 370 g/mol. The Hall–Kier alpha value is -3.35. The van der Waals surface area contributed by atoms with Gasteiger partial charge in [-0.05, 0) is 36.8 Å². The second-order valence-corrected chi connectivity index (χ2v) is 5.45. The number of hydrogen-bond donors (Lipinski definition) is 0. The van der Waals surface area contributed by atoms with Crippen molar-refractivity contribution in [2.75, 3.05) is 21.3 Å². The summed E-state index contributed by atoms with van der Waals surface area (Å²) in [5.74, 6) is 0.177. The van der Waals surface area contributed by atoms with E-state index in [1.807, 2.05) is 43.3 Å². The Morgan fingerprint density at radius 2 is 1.67 bits per heavy atom. The summed E-state index contributed by atoms with van der Waals surface area (Å²) < 4.78 is 9.91. The lowest BCUT2D eigenvalue weighted by atomic mass is 10.0. The first-order valence-electron chi connectivity index (χ1n) is 8.19. The van der Waals surface area contributed by atoms with Crippen LogP contribution in [0, 0.1) is 0 Å². The average Bonchev–Trinajstić information content (AvgIpc) is 2.72. The van der Waals surface area contributed by atoms with Gasteiger partial charge < -0.3 is 19.1 Å². The molecule has 0 aliphatic rings. The molecule has 2 rings (SSSR count). The maximum absolute atomic E-state index is 12.0. The SMILES string of the molecule is CO/N=C(/C(=O)OC)c1ccccc1CO/N=C(\C)c1ccc(OC)cc1. The van der Waals surface area contributed by atoms with Gasteiger partial charge in [-0.2, -0.15) is 0 Å². The van der Waals surface area contributed by atoms with E-state index in [1.165, 1.54) is 14.2 Å². The molecular weight excluding hydrogens is 348 g/mol. The van der Waals surface area contributed by atoms with Crippen LogP contribution in [-0.2, 0) is 25.8 Å². The van der Waals surface area contributed by atoms with Crippen molar-refractivity contribution in [2.45, 2.75) is 13.5 Å². The molecule has 0 fully saturated rings. The monoisotopic (exact) mass is 370 g/mol. The fraction of sp³-hybridized carbons (Fsp3) is 0.250. The Morgan fingerprint density at radius 1 is 0.963 bits per heavy atom. The van der Waals surface area contributed by atoms with Gasteiger partial charge in [0.1, 0.15) is 19.5 Å². The quantitative estimate of drug-likeness (QED) is 0.405. The van der Waals surface area contributed by atoms with Gasteiger partial charge in [-0.1, -0.05) is 34.6 Å². The number of methoxy groups -OCH3 is 2. The van der Waals surface area contributed by atoms with Gasteiger partial charge in [0.05, 0.1) is 19.9 Å². The summed E-state index contributed by atoms with van der Waals surface area (Å²) in [7, 11) is 4.27. The molecule has 0 heterocycles. The zero-order chi connectivity index (χ0) is 19.6. The molecule has 0 saturated carbocycles. The van der Waals surface area contributed by atoms with Crippen LogP contribution in [0.25, 0.3) is 0 Å². The van der Waals surface area contributed by atoms with Gasteiger partial charge in [-0.25, -0.2) is 4.79 Å². The highest BCUT2D eigenvalue weighted by Gasteiger charge is 2.19. The molecular formula is C20H22N2O5. The lowest BCUT2D eigenvalue weighted by molar-refractivity contribution is -0.132. The molecule has 0 saturated heterocycles. The topological polar surface area (TPSA) is 78.7 Å². The molecule has 27 heavy (non-hydrogen) atoms. The molecule has 2 aromatic rings. The summed E-state index contributed by atoms with van der Waals surface area (Å²) >= 11 is 0. The van der Waals surface area contributed by atoms with E-state index >= 15 is 0 Å². The van der Waals surface area contributed by atoms with E-state index in [0.29, 0.717) is 11.3 Å². The number of oxime groups is 2. The van der Waals surface area contributed by atoms with Gasteiger partial charge in [0.2, 0.25) is 0 Å². The maximum Gasteiger partial charge on any atom is 0.360 e. The normalized spacial score (nSPS) is 11.7. The minimum atomic E-state index is -0.595. The van der Waals surface area contributed by atoms with Crippen LogP contribution in [0.1, 0.15) is 23.6 Å². The van der Waals surface area contributed by atoms with Crippen molar-refractivity contribution in [2.24, 2.45) is 10.3 Å². The molecule has 0 spiro atoms. The minimum Gasteiger partial charge on any atom is -0.497 e. The molecule has 2 aromatic carbocycles. The molecule has 0 aromatic heterocycles. The number of carbonyl (C=O) groups excluding carboxylic acids is 1. The lowest BCUT2D eigenvalue weighted by Crippen LogP contribution is -2.19. The van der Waals surface area contributed by atoms with E-state index in [0.717, 1.165) is 16.9 Å². The Bertz CT molecular complexity index is 829.